The van der Waals surface area contributed by atoms with E-state index in [1.54, 1.807) is 7.11 Å². The molecular weight excluding hydrogens is 292 g/mol. The van der Waals surface area contributed by atoms with Gasteiger partial charge >= 0.3 is 0 Å². The third-order valence-corrected chi connectivity index (χ3v) is 5.17. The Bertz CT molecular complexity index is 605. The van der Waals surface area contributed by atoms with Crippen LogP contribution in [0.2, 0.25) is 5.02 Å². The van der Waals surface area contributed by atoms with Gasteiger partial charge in [0.1, 0.15) is 10.8 Å². The number of nitrogens with zero attached hydrogens (tertiary/aromatic N) is 1. The Balaban J connectivity index is 1.94. The van der Waals surface area contributed by atoms with Gasteiger partial charge in [0.05, 0.1) is 23.9 Å². The summed E-state index contributed by atoms with van der Waals surface area (Å²) in [6.45, 7) is 0. The molecule has 1 aliphatic carbocycles. The highest BCUT2D eigenvalue weighted by Crippen LogP contribution is 2.35. The van der Waals surface area contributed by atoms with Gasteiger partial charge in [-0.15, -0.1) is 11.3 Å². The van der Waals surface area contributed by atoms with Gasteiger partial charge in [0.15, 0.2) is 0 Å². The number of rotatable bonds is 4. The molecule has 0 radical (unpaired) electrons. The molecule has 20 heavy (non-hydrogen) atoms. The summed E-state index contributed by atoms with van der Waals surface area (Å²) < 4.78 is 5.20. The predicted molar refractivity (Wildman–Crippen MR) is 83.0 cm³/mol. The molecule has 3 nitrogen and oxygen atoms in total. The van der Waals surface area contributed by atoms with Crippen LogP contribution in [0.1, 0.15) is 33.6 Å². The maximum absolute atomic E-state index is 6.22. The number of thiazole rings is 1. The second-order valence-electron chi connectivity index (χ2n) is 4.89. The van der Waals surface area contributed by atoms with E-state index in [1.807, 2.05) is 36.6 Å². The van der Waals surface area contributed by atoms with Gasteiger partial charge < -0.3 is 10.1 Å². The second kappa shape index (κ2) is 5.72. The summed E-state index contributed by atoms with van der Waals surface area (Å²) in [5.74, 6) is 0.701. The fourth-order valence-corrected chi connectivity index (χ4v) is 4.19. The molecule has 1 aromatic carbocycles. The quantitative estimate of drug-likeness (QED) is 0.937. The third kappa shape index (κ3) is 2.43. The standard InChI is InChI=1S/C15H17ClN2OS/c1-17-14(9-6-7-12(19-2)10(16)8-9)15-18-11-4-3-5-13(11)20-15/h6-8,14,17H,3-5H2,1-2H3. The first-order chi connectivity index (χ1) is 9.72. The van der Waals surface area contributed by atoms with Crippen LogP contribution in [0, 0.1) is 0 Å². The first-order valence-corrected chi connectivity index (χ1v) is 7.91. The van der Waals surface area contributed by atoms with Crippen molar-refractivity contribution in [1.82, 2.24) is 10.3 Å². The van der Waals surface area contributed by atoms with Crippen LogP contribution in [0.4, 0.5) is 0 Å². The van der Waals surface area contributed by atoms with E-state index in [0.717, 1.165) is 17.0 Å². The van der Waals surface area contributed by atoms with Gasteiger partial charge in [-0.2, -0.15) is 0 Å². The van der Waals surface area contributed by atoms with E-state index in [9.17, 15) is 0 Å². The summed E-state index contributed by atoms with van der Waals surface area (Å²) in [6, 6.07) is 5.99. The molecule has 1 aromatic heterocycles. The molecule has 1 N–H and O–H groups in total. The first kappa shape index (κ1) is 13.9. The first-order valence-electron chi connectivity index (χ1n) is 6.72. The average Bonchev–Trinajstić information content (AvgIpc) is 3.01. The van der Waals surface area contributed by atoms with E-state index in [-0.39, 0.29) is 6.04 Å². The summed E-state index contributed by atoms with van der Waals surface area (Å²) in [7, 11) is 3.58. The fraction of sp³-hybridized carbons (Fsp3) is 0.400. The number of halogens is 1. The maximum atomic E-state index is 6.22. The molecule has 2 aromatic rings. The van der Waals surface area contributed by atoms with Gasteiger partial charge in [0.2, 0.25) is 0 Å². The lowest BCUT2D eigenvalue weighted by Gasteiger charge is -2.15. The highest BCUT2D eigenvalue weighted by atomic mass is 35.5. The summed E-state index contributed by atoms with van der Waals surface area (Å²) in [5.41, 5.74) is 2.40. The topological polar surface area (TPSA) is 34.1 Å². The summed E-state index contributed by atoms with van der Waals surface area (Å²) in [5, 5.41) is 5.09. The zero-order valence-corrected chi connectivity index (χ0v) is 13.1. The van der Waals surface area contributed by atoms with Crippen molar-refractivity contribution in [2.24, 2.45) is 0 Å². The zero-order chi connectivity index (χ0) is 14.1. The molecule has 3 rings (SSSR count). The number of aryl methyl sites for hydroxylation is 2. The van der Waals surface area contributed by atoms with Crippen molar-refractivity contribution in [2.75, 3.05) is 14.2 Å². The van der Waals surface area contributed by atoms with Gasteiger partial charge in [-0.3, -0.25) is 0 Å². The predicted octanol–water partition coefficient (Wildman–Crippen LogP) is 3.60. The van der Waals surface area contributed by atoms with Crippen LogP contribution >= 0.6 is 22.9 Å². The van der Waals surface area contributed by atoms with Crippen molar-refractivity contribution < 1.29 is 4.74 Å². The Morgan fingerprint density at radius 2 is 2.25 bits per heavy atom. The van der Waals surface area contributed by atoms with Gasteiger partial charge in [-0.25, -0.2) is 4.98 Å². The Morgan fingerprint density at radius 1 is 1.40 bits per heavy atom. The monoisotopic (exact) mass is 308 g/mol. The Labute approximate surface area is 127 Å². The molecule has 0 spiro atoms. The fourth-order valence-electron chi connectivity index (χ4n) is 2.63. The molecule has 106 valence electrons. The molecule has 0 saturated carbocycles. The van der Waals surface area contributed by atoms with E-state index >= 15 is 0 Å². The number of ether oxygens (including phenoxy) is 1. The minimum absolute atomic E-state index is 0.0917. The number of methoxy groups -OCH3 is 1. The maximum Gasteiger partial charge on any atom is 0.137 e. The number of benzene rings is 1. The minimum Gasteiger partial charge on any atom is -0.495 e. The largest absolute Gasteiger partial charge is 0.495 e. The van der Waals surface area contributed by atoms with Crippen molar-refractivity contribution in [3.63, 3.8) is 0 Å². The molecule has 1 atom stereocenters. The molecule has 1 heterocycles. The van der Waals surface area contributed by atoms with Crippen LogP contribution < -0.4 is 10.1 Å². The van der Waals surface area contributed by atoms with Crippen LogP contribution in [0.25, 0.3) is 0 Å². The van der Waals surface area contributed by atoms with Crippen LogP contribution in [-0.2, 0) is 12.8 Å². The summed E-state index contributed by atoms with van der Waals surface area (Å²) in [6.07, 6.45) is 3.53. The second-order valence-corrected chi connectivity index (χ2v) is 6.41. The highest BCUT2D eigenvalue weighted by molar-refractivity contribution is 7.11. The normalized spacial score (nSPS) is 15.2. The molecule has 0 fully saturated rings. The Hall–Kier alpha value is -1.10. The molecule has 1 aliphatic rings. The molecule has 1 unspecified atom stereocenters. The zero-order valence-electron chi connectivity index (χ0n) is 11.6. The lowest BCUT2D eigenvalue weighted by atomic mass is 10.1. The number of hydrogen-bond donors (Lipinski definition) is 1. The van der Waals surface area contributed by atoms with Crippen molar-refractivity contribution in [1.29, 1.82) is 0 Å². The van der Waals surface area contributed by atoms with Gasteiger partial charge in [0, 0.05) is 4.88 Å². The average molecular weight is 309 g/mol. The van der Waals surface area contributed by atoms with Gasteiger partial charge in [0.25, 0.3) is 0 Å². The van der Waals surface area contributed by atoms with E-state index in [2.05, 4.69) is 5.32 Å². The van der Waals surface area contributed by atoms with Crippen molar-refractivity contribution in [3.05, 3.63) is 44.4 Å². The van der Waals surface area contributed by atoms with E-state index in [4.69, 9.17) is 21.3 Å². The number of fused-ring (bicyclic) bond motifs is 1. The van der Waals surface area contributed by atoms with Crippen LogP contribution in [0.3, 0.4) is 0 Å². The molecule has 0 bridgehead atoms. The van der Waals surface area contributed by atoms with Gasteiger partial charge in [-0.05, 0) is 44.0 Å². The van der Waals surface area contributed by atoms with Crippen LogP contribution in [0.5, 0.6) is 5.75 Å². The van der Waals surface area contributed by atoms with Crippen molar-refractivity contribution >= 4 is 22.9 Å². The smallest absolute Gasteiger partial charge is 0.137 e. The third-order valence-electron chi connectivity index (χ3n) is 3.66. The Morgan fingerprint density at radius 3 is 2.90 bits per heavy atom. The van der Waals surface area contributed by atoms with Crippen molar-refractivity contribution in [2.45, 2.75) is 25.3 Å². The van der Waals surface area contributed by atoms with Crippen molar-refractivity contribution in [3.8, 4) is 5.75 Å². The highest BCUT2D eigenvalue weighted by Gasteiger charge is 2.22. The molecule has 0 amide bonds. The Kier molecular flexibility index (Phi) is 3.96. The molecule has 0 saturated heterocycles. The van der Waals surface area contributed by atoms with Gasteiger partial charge in [-0.1, -0.05) is 17.7 Å². The lowest BCUT2D eigenvalue weighted by Crippen LogP contribution is -2.17. The number of hydrogen-bond acceptors (Lipinski definition) is 4. The summed E-state index contributed by atoms with van der Waals surface area (Å²) >= 11 is 8.04. The minimum atomic E-state index is 0.0917. The summed E-state index contributed by atoms with van der Waals surface area (Å²) in [4.78, 5) is 6.24. The van der Waals surface area contributed by atoms with E-state index < -0.39 is 0 Å². The number of nitrogens with one attached hydrogen (secondary N) is 1. The SMILES string of the molecule is CNC(c1ccc(OC)c(Cl)c1)c1nc2c(s1)CCC2. The van der Waals surface area contributed by atoms with E-state index in [0.29, 0.717) is 10.8 Å². The van der Waals surface area contributed by atoms with Crippen LogP contribution in [0.15, 0.2) is 18.2 Å². The lowest BCUT2D eigenvalue weighted by molar-refractivity contribution is 0.414. The molecule has 0 aliphatic heterocycles. The molecular formula is C15H17ClN2OS. The number of aromatic nitrogens is 1. The van der Waals surface area contributed by atoms with Crippen LogP contribution in [-0.4, -0.2) is 19.1 Å². The molecule has 5 heteroatoms. The van der Waals surface area contributed by atoms with E-state index in [1.165, 1.54) is 23.4 Å².